The summed E-state index contributed by atoms with van der Waals surface area (Å²) in [6.07, 6.45) is 2.63. The number of esters is 2. The third kappa shape index (κ3) is 5.25. The molecule has 0 aliphatic heterocycles. The van der Waals surface area contributed by atoms with Crippen molar-refractivity contribution in [3.8, 4) is 0 Å². The van der Waals surface area contributed by atoms with E-state index in [4.69, 9.17) is 21.1 Å². The topological polar surface area (TPSA) is 111 Å². The van der Waals surface area contributed by atoms with Crippen LogP contribution in [0.2, 0.25) is 5.15 Å². The maximum atomic E-state index is 12.3. The maximum Gasteiger partial charge on any atom is 0.341 e. The molecule has 0 fully saturated rings. The lowest BCUT2D eigenvalue weighted by atomic mass is 10.1. The minimum atomic E-state index is -0.608. The molecule has 1 amide bonds. The summed E-state index contributed by atoms with van der Waals surface area (Å²) in [5.74, 6) is -1.14. The molecule has 0 unspecified atom stereocenters. The Kier molecular flexibility index (Phi) is 7.22. The first kappa shape index (κ1) is 22.0. The number of aryl methyl sites for hydroxylation is 1. The third-order valence-electron chi connectivity index (χ3n) is 4.39. The number of halogens is 1. The summed E-state index contributed by atoms with van der Waals surface area (Å²) in [6, 6.07) is 3.17. The number of aromatic nitrogens is 2. The van der Waals surface area contributed by atoms with E-state index >= 15 is 0 Å². The zero-order valence-electron chi connectivity index (χ0n) is 16.6. The highest BCUT2D eigenvalue weighted by molar-refractivity contribution is 7.17. The van der Waals surface area contributed by atoms with Crippen molar-refractivity contribution in [1.82, 2.24) is 10.2 Å². The molecule has 1 aliphatic rings. The fourth-order valence-electron chi connectivity index (χ4n) is 3.05. The van der Waals surface area contributed by atoms with Gasteiger partial charge in [-0.2, -0.15) is 0 Å². The van der Waals surface area contributed by atoms with Crippen molar-refractivity contribution in [3.63, 3.8) is 0 Å². The van der Waals surface area contributed by atoms with Crippen LogP contribution in [0.3, 0.4) is 0 Å². The Labute approximate surface area is 182 Å². The molecule has 1 N–H and O–H groups in total. The summed E-state index contributed by atoms with van der Waals surface area (Å²) in [7, 11) is 1.64. The smallest absolute Gasteiger partial charge is 0.341 e. The standard InChI is InChI=1S/C19H21ClN4O5S/c1-3-28-19(27)17-11-5-4-6-12(11)30-18(17)21-15(25)10-29-16(26)9-24(2)14-8-7-13(20)22-23-14/h7-8H,3-6,9-10H2,1-2H3,(H,21,25). The second-order valence-electron chi connectivity index (χ2n) is 6.56. The van der Waals surface area contributed by atoms with Gasteiger partial charge < -0.3 is 19.7 Å². The van der Waals surface area contributed by atoms with Gasteiger partial charge in [-0.3, -0.25) is 9.59 Å². The molecule has 30 heavy (non-hydrogen) atoms. The maximum absolute atomic E-state index is 12.3. The van der Waals surface area contributed by atoms with E-state index in [-0.39, 0.29) is 18.3 Å². The van der Waals surface area contributed by atoms with Gasteiger partial charge in [0.05, 0.1) is 12.2 Å². The number of amides is 1. The van der Waals surface area contributed by atoms with E-state index in [0.717, 1.165) is 29.7 Å². The van der Waals surface area contributed by atoms with Gasteiger partial charge in [0.1, 0.15) is 11.5 Å². The summed E-state index contributed by atoms with van der Waals surface area (Å²) in [4.78, 5) is 39.3. The Morgan fingerprint density at radius 2 is 2.03 bits per heavy atom. The average Bonchev–Trinajstić information content (AvgIpc) is 3.27. The first-order valence-corrected chi connectivity index (χ1v) is 10.6. The van der Waals surface area contributed by atoms with E-state index in [1.54, 1.807) is 26.1 Å². The van der Waals surface area contributed by atoms with Crippen LogP contribution in [0.25, 0.3) is 0 Å². The molecule has 160 valence electrons. The first-order chi connectivity index (χ1) is 14.4. The Bertz CT molecular complexity index is 947. The van der Waals surface area contributed by atoms with Crippen molar-refractivity contribution in [2.45, 2.75) is 26.2 Å². The van der Waals surface area contributed by atoms with Gasteiger partial charge in [0.15, 0.2) is 17.6 Å². The second kappa shape index (κ2) is 9.86. The SMILES string of the molecule is CCOC(=O)c1c(NC(=O)COC(=O)CN(C)c2ccc(Cl)nn2)sc2c1CCC2. The number of nitrogens with zero attached hydrogens (tertiary/aromatic N) is 3. The number of nitrogens with one attached hydrogen (secondary N) is 1. The number of carbonyl (C=O) groups is 3. The van der Waals surface area contributed by atoms with Gasteiger partial charge in [0, 0.05) is 11.9 Å². The summed E-state index contributed by atoms with van der Waals surface area (Å²) in [6.45, 7) is 1.39. The second-order valence-corrected chi connectivity index (χ2v) is 8.05. The third-order valence-corrected chi connectivity index (χ3v) is 5.80. The minimum absolute atomic E-state index is 0.120. The van der Waals surface area contributed by atoms with Crippen LogP contribution in [-0.2, 0) is 31.9 Å². The molecule has 0 saturated carbocycles. The van der Waals surface area contributed by atoms with E-state index in [2.05, 4.69) is 15.5 Å². The van der Waals surface area contributed by atoms with Crippen molar-refractivity contribution in [2.75, 3.05) is 37.0 Å². The molecule has 0 atom stereocenters. The molecule has 2 aromatic heterocycles. The Balaban J connectivity index is 1.55. The molecule has 2 aromatic rings. The van der Waals surface area contributed by atoms with Crippen LogP contribution in [0.5, 0.6) is 0 Å². The monoisotopic (exact) mass is 452 g/mol. The highest BCUT2D eigenvalue weighted by atomic mass is 35.5. The van der Waals surface area contributed by atoms with Crippen molar-refractivity contribution in [2.24, 2.45) is 0 Å². The lowest BCUT2D eigenvalue weighted by molar-refractivity contribution is -0.145. The molecule has 0 saturated heterocycles. The number of fused-ring (bicyclic) bond motifs is 1. The van der Waals surface area contributed by atoms with Gasteiger partial charge in [0.25, 0.3) is 5.91 Å². The number of hydrogen-bond donors (Lipinski definition) is 1. The van der Waals surface area contributed by atoms with Crippen molar-refractivity contribution >= 4 is 51.6 Å². The van der Waals surface area contributed by atoms with Crippen LogP contribution >= 0.6 is 22.9 Å². The van der Waals surface area contributed by atoms with E-state index in [1.165, 1.54) is 16.2 Å². The van der Waals surface area contributed by atoms with Crippen LogP contribution in [0.4, 0.5) is 10.8 Å². The summed E-state index contributed by atoms with van der Waals surface area (Å²) in [5.41, 5.74) is 1.35. The van der Waals surface area contributed by atoms with Crippen LogP contribution < -0.4 is 10.2 Å². The Morgan fingerprint density at radius 1 is 1.23 bits per heavy atom. The molecular weight excluding hydrogens is 432 g/mol. The van der Waals surface area contributed by atoms with Crippen LogP contribution in [-0.4, -0.2) is 54.8 Å². The fourth-order valence-corrected chi connectivity index (χ4v) is 4.45. The number of hydrogen-bond acceptors (Lipinski definition) is 9. The highest BCUT2D eigenvalue weighted by Crippen LogP contribution is 2.39. The quantitative estimate of drug-likeness (QED) is 0.608. The van der Waals surface area contributed by atoms with Crippen molar-refractivity contribution in [1.29, 1.82) is 0 Å². The van der Waals surface area contributed by atoms with Gasteiger partial charge in [-0.1, -0.05) is 11.6 Å². The predicted octanol–water partition coefficient (Wildman–Crippen LogP) is 2.48. The Hall–Kier alpha value is -2.72. The van der Waals surface area contributed by atoms with E-state index in [1.807, 2.05) is 0 Å². The summed E-state index contributed by atoms with van der Waals surface area (Å²) < 4.78 is 10.2. The lowest BCUT2D eigenvalue weighted by Crippen LogP contribution is -2.30. The normalized spacial score (nSPS) is 12.2. The molecule has 1 aliphatic carbocycles. The lowest BCUT2D eigenvalue weighted by Gasteiger charge is -2.16. The van der Waals surface area contributed by atoms with Crippen LogP contribution in [0.1, 0.15) is 34.1 Å². The molecule has 0 radical (unpaired) electrons. The molecule has 9 nitrogen and oxygen atoms in total. The zero-order valence-corrected chi connectivity index (χ0v) is 18.1. The van der Waals surface area contributed by atoms with Gasteiger partial charge in [-0.25, -0.2) is 4.79 Å². The number of thiophene rings is 1. The minimum Gasteiger partial charge on any atom is -0.462 e. The predicted molar refractivity (Wildman–Crippen MR) is 112 cm³/mol. The van der Waals surface area contributed by atoms with Crippen LogP contribution in [0, 0.1) is 0 Å². The van der Waals surface area contributed by atoms with Gasteiger partial charge in [-0.15, -0.1) is 21.5 Å². The molecule has 0 bridgehead atoms. The van der Waals surface area contributed by atoms with Crippen molar-refractivity contribution in [3.05, 3.63) is 33.3 Å². The largest absolute Gasteiger partial charge is 0.462 e. The van der Waals surface area contributed by atoms with Gasteiger partial charge in [-0.05, 0) is 43.9 Å². The van der Waals surface area contributed by atoms with E-state index in [0.29, 0.717) is 16.4 Å². The number of anilines is 2. The molecule has 0 spiro atoms. The van der Waals surface area contributed by atoms with Crippen molar-refractivity contribution < 1.29 is 23.9 Å². The number of carbonyl (C=O) groups excluding carboxylic acids is 3. The van der Waals surface area contributed by atoms with Gasteiger partial charge in [0.2, 0.25) is 0 Å². The number of ether oxygens (including phenoxy) is 2. The molecule has 2 heterocycles. The van der Waals surface area contributed by atoms with Gasteiger partial charge >= 0.3 is 11.9 Å². The first-order valence-electron chi connectivity index (χ1n) is 9.36. The fraction of sp³-hybridized carbons (Fsp3) is 0.421. The molecular formula is C19H21ClN4O5S. The molecule has 11 heteroatoms. The number of likely N-dealkylation sites (N-methyl/N-ethyl adjacent to an activating group) is 1. The van der Waals surface area contributed by atoms with Crippen LogP contribution in [0.15, 0.2) is 12.1 Å². The van der Waals surface area contributed by atoms with E-state index in [9.17, 15) is 14.4 Å². The summed E-state index contributed by atoms with van der Waals surface area (Å²) in [5, 5.41) is 10.9. The average molecular weight is 453 g/mol. The molecule has 0 aromatic carbocycles. The zero-order chi connectivity index (χ0) is 21.7. The Morgan fingerprint density at radius 3 is 2.73 bits per heavy atom. The van der Waals surface area contributed by atoms with E-state index < -0.39 is 24.5 Å². The molecule has 3 rings (SSSR count). The summed E-state index contributed by atoms with van der Waals surface area (Å²) >= 11 is 7.06. The highest BCUT2D eigenvalue weighted by Gasteiger charge is 2.28. The number of rotatable bonds is 8.